The summed E-state index contributed by atoms with van der Waals surface area (Å²) in [5.74, 6) is 1.16. The molecule has 3 aromatic carbocycles. The van der Waals surface area contributed by atoms with Gasteiger partial charge in [-0.3, -0.25) is 5.41 Å². The Kier molecular flexibility index (Phi) is 4.82. The third kappa shape index (κ3) is 3.58. The minimum Gasteiger partial charge on any atom is -0.314 e. The highest BCUT2D eigenvalue weighted by atomic mass is 15.2. The molecule has 0 spiro atoms. The number of hydrogen-bond acceptors (Lipinski definition) is 2. The maximum Gasteiger partial charge on any atom is 0.141 e. The van der Waals surface area contributed by atoms with Crippen LogP contribution in [0.1, 0.15) is 11.1 Å². The first-order valence-corrected chi connectivity index (χ1v) is 7.82. The molecule has 3 heteroatoms. The van der Waals surface area contributed by atoms with Crippen LogP contribution >= 0.6 is 0 Å². The Morgan fingerprint density at radius 3 is 1.71 bits per heavy atom. The smallest absolute Gasteiger partial charge is 0.141 e. The molecule has 3 aromatic rings. The number of benzene rings is 3. The summed E-state index contributed by atoms with van der Waals surface area (Å²) in [7, 11) is 1.88. The average Bonchev–Trinajstić information content (AvgIpc) is 2.67. The van der Waals surface area contributed by atoms with Gasteiger partial charge in [-0.25, -0.2) is 4.99 Å². The summed E-state index contributed by atoms with van der Waals surface area (Å²) in [6.07, 6.45) is 0. The molecule has 0 amide bonds. The fourth-order valence-corrected chi connectivity index (χ4v) is 2.44. The van der Waals surface area contributed by atoms with Crippen molar-refractivity contribution in [1.29, 1.82) is 5.41 Å². The second-order valence-corrected chi connectivity index (χ2v) is 5.41. The lowest BCUT2D eigenvalue weighted by Crippen LogP contribution is -2.33. The molecular weight excluding hydrogens is 294 g/mol. The lowest BCUT2D eigenvalue weighted by Gasteiger charge is -2.22. The Labute approximate surface area is 142 Å². The van der Waals surface area contributed by atoms with E-state index >= 15 is 0 Å². The number of nitrogens with one attached hydrogen (secondary N) is 1. The van der Waals surface area contributed by atoms with Crippen LogP contribution in [0.25, 0.3) is 0 Å². The van der Waals surface area contributed by atoms with Crippen molar-refractivity contribution in [2.75, 3.05) is 7.05 Å². The van der Waals surface area contributed by atoms with E-state index in [0.717, 1.165) is 22.6 Å². The minimum atomic E-state index is 0.411. The Morgan fingerprint density at radius 2 is 1.17 bits per heavy atom. The Morgan fingerprint density at radius 1 is 0.708 bits per heavy atom. The third-order valence-electron chi connectivity index (χ3n) is 3.72. The molecule has 0 aliphatic carbocycles. The second kappa shape index (κ2) is 7.38. The molecular formula is C21H19N3. The van der Waals surface area contributed by atoms with Crippen LogP contribution in [0.3, 0.4) is 0 Å². The molecule has 0 unspecified atom stereocenters. The molecule has 0 atom stereocenters. The van der Waals surface area contributed by atoms with Gasteiger partial charge in [0.2, 0.25) is 0 Å². The zero-order valence-corrected chi connectivity index (χ0v) is 13.6. The van der Waals surface area contributed by atoms with Crippen LogP contribution in [0.2, 0.25) is 0 Å². The van der Waals surface area contributed by atoms with Gasteiger partial charge in [-0.05, 0) is 12.1 Å². The van der Waals surface area contributed by atoms with Crippen LogP contribution < -0.4 is 0 Å². The van der Waals surface area contributed by atoms with Gasteiger partial charge in [0.15, 0.2) is 0 Å². The third-order valence-corrected chi connectivity index (χ3v) is 3.72. The van der Waals surface area contributed by atoms with E-state index in [4.69, 9.17) is 10.4 Å². The fourth-order valence-electron chi connectivity index (χ4n) is 2.44. The van der Waals surface area contributed by atoms with Gasteiger partial charge in [0.25, 0.3) is 0 Å². The summed E-state index contributed by atoms with van der Waals surface area (Å²) in [5.41, 5.74) is 2.70. The summed E-state index contributed by atoms with van der Waals surface area (Å²) in [4.78, 5) is 6.59. The summed E-state index contributed by atoms with van der Waals surface area (Å²) in [6, 6.07) is 29.5. The van der Waals surface area contributed by atoms with Gasteiger partial charge in [-0.15, -0.1) is 0 Å². The van der Waals surface area contributed by atoms with E-state index in [1.165, 1.54) is 0 Å². The lowest BCUT2D eigenvalue weighted by atomic mass is 10.1. The number of rotatable bonds is 3. The van der Waals surface area contributed by atoms with E-state index in [9.17, 15) is 0 Å². The zero-order chi connectivity index (χ0) is 16.8. The molecule has 0 radical (unpaired) electrons. The van der Waals surface area contributed by atoms with Crippen LogP contribution in [-0.2, 0) is 0 Å². The first-order valence-electron chi connectivity index (χ1n) is 7.82. The van der Waals surface area contributed by atoms with E-state index in [-0.39, 0.29) is 0 Å². The normalized spacial score (nSPS) is 11.1. The molecule has 0 saturated carbocycles. The Hall–Kier alpha value is -3.20. The van der Waals surface area contributed by atoms with Gasteiger partial charge in [-0.1, -0.05) is 78.9 Å². The van der Waals surface area contributed by atoms with Crippen molar-refractivity contribution in [1.82, 2.24) is 4.90 Å². The Bertz CT molecular complexity index is 825. The highest BCUT2D eigenvalue weighted by molar-refractivity contribution is 6.13. The van der Waals surface area contributed by atoms with Gasteiger partial charge >= 0.3 is 0 Å². The van der Waals surface area contributed by atoms with Gasteiger partial charge < -0.3 is 4.90 Å². The van der Waals surface area contributed by atoms with E-state index in [1.807, 2.05) is 103 Å². The lowest BCUT2D eigenvalue weighted by molar-refractivity contribution is 0.747. The van der Waals surface area contributed by atoms with Crippen molar-refractivity contribution in [2.24, 2.45) is 4.99 Å². The predicted molar refractivity (Wildman–Crippen MR) is 100 cm³/mol. The molecule has 3 rings (SSSR count). The second-order valence-electron chi connectivity index (χ2n) is 5.41. The van der Waals surface area contributed by atoms with E-state index in [1.54, 1.807) is 0 Å². The fraction of sp³-hybridized carbons (Fsp3) is 0.0476. The van der Waals surface area contributed by atoms with Gasteiger partial charge in [-0.2, -0.15) is 0 Å². The highest BCUT2D eigenvalue weighted by Crippen LogP contribution is 2.16. The predicted octanol–water partition coefficient (Wildman–Crippen LogP) is 4.72. The van der Waals surface area contributed by atoms with Gasteiger partial charge in [0.1, 0.15) is 11.7 Å². The van der Waals surface area contributed by atoms with Gasteiger partial charge in [0.05, 0.1) is 5.69 Å². The molecule has 0 fully saturated rings. The zero-order valence-electron chi connectivity index (χ0n) is 13.6. The standard InChI is InChI=1S/C21H19N3/c1-24(20(22)17-11-5-2-6-12-17)21(18-13-7-3-8-14-18)23-19-15-9-4-10-16-19/h2-16,22H,1H3. The molecule has 0 bridgehead atoms. The van der Waals surface area contributed by atoms with Crippen molar-refractivity contribution in [2.45, 2.75) is 0 Å². The highest BCUT2D eigenvalue weighted by Gasteiger charge is 2.15. The SMILES string of the molecule is CN(C(=N)c1ccccc1)C(=Nc1ccccc1)c1ccccc1. The topological polar surface area (TPSA) is 39.5 Å². The molecule has 24 heavy (non-hydrogen) atoms. The molecule has 0 heterocycles. The van der Waals surface area contributed by atoms with Crippen molar-refractivity contribution < 1.29 is 0 Å². The molecule has 1 N–H and O–H groups in total. The van der Waals surface area contributed by atoms with Crippen molar-refractivity contribution >= 4 is 17.4 Å². The van der Waals surface area contributed by atoms with Crippen LogP contribution in [0.4, 0.5) is 5.69 Å². The van der Waals surface area contributed by atoms with Crippen LogP contribution in [0.5, 0.6) is 0 Å². The monoisotopic (exact) mass is 313 g/mol. The van der Waals surface area contributed by atoms with E-state index < -0.39 is 0 Å². The van der Waals surface area contributed by atoms with Crippen LogP contribution in [0.15, 0.2) is 96.0 Å². The first-order chi connectivity index (χ1) is 11.8. The summed E-state index contributed by atoms with van der Waals surface area (Å²) >= 11 is 0. The molecule has 0 aromatic heterocycles. The van der Waals surface area contributed by atoms with Crippen molar-refractivity contribution in [3.63, 3.8) is 0 Å². The molecule has 0 saturated heterocycles. The number of aliphatic imine (C=N–C) groups is 1. The van der Waals surface area contributed by atoms with Gasteiger partial charge in [0, 0.05) is 18.2 Å². The number of amidine groups is 2. The maximum absolute atomic E-state index is 8.53. The van der Waals surface area contributed by atoms with E-state index in [2.05, 4.69) is 0 Å². The summed E-state index contributed by atoms with van der Waals surface area (Å²) in [6.45, 7) is 0. The molecule has 0 aliphatic rings. The molecule has 3 nitrogen and oxygen atoms in total. The largest absolute Gasteiger partial charge is 0.314 e. The molecule has 118 valence electrons. The first kappa shape index (κ1) is 15.7. The summed E-state index contributed by atoms with van der Waals surface area (Å²) in [5, 5.41) is 8.53. The minimum absolute atomic E-state index is 0.411. The van der Waals surface area contributed by atoms with E-state index in [0.29, 0.717) is 5.84 Å². The number of hydrogen-bond donors (Lipinski definition) is 1. The summed E-state index contributed by atoms with van der Waals surface area (Å²) < 4.78 is 0. The quantitative estimate of drug-likeness (QED) is 0.551. The molecule has 0 aliphatic heterocycles. The average molecular weight is 313 g/mol. The van der Waals surface area contributed by atoms with Crippen molar-refractivity contribution in [3.8, 4) is 0 Å². The number of para-hydroxylation sites is 1. The Balaban J connectivity index is 2.02. The van der Waals surface area contributed by atoms with Crippen LogP contribution in [-0.4, -0.2) is 23.6 Å². The van der Waals surface area contributed by atoms with Crippen molar-refractivity contribution in [3.05, 3.63) is 102 Å². The number of nitrogens with zero attached hydrogens (tertiary/aromatic N) is 2. The van der Waals surface area contributed by atoms with Crippen LogP contribution in [0, 0.1) is 5.41 Å². The maximum atomic E-state index is 8.53.